The standard InChI is InChI=1S/C21H17F2N9O3S/c1-2-5-36(34,35)29-16-4-3-15(22)17(18(16)23)19(33)14-9-25-20-13(14)6-11(7-24-20)12-8-26-32(10-12)21-27-30-31-28-21/h3-4,6-10,29H,2,5H2,1H3,(H,24,25)(H,27,28,30,31). The number of rotatable bonds is 8. The molecule has 36 heavy (non-hydrogen) atoms. The van der Waals surface area contributed by atoms with E-state index in [1.807, 2.05) is 0 Å². The number of aromatic amines is 2. The first-order valence-corrected chi connectivity index (χ1v) is 12.2. The number of pyridine rings is 1. The molecule has 0 spiro atoms. The van der Waals surface area contributed by atoms with E-state index in [4.69, 9.17) is 0 Å². The first kappa shape index (κ1) is 23.2. The van der Waals surface area contributed by atoms with Crippen molar-refractivity contribution in [1.29, 1.82) is 0 Å². The fourth-order valence-corrected chi connectivity index (χ4v) is 4.78. The fraction of sp³-hybridized carbons (Fsp3) is 0.143. The summed E-state index contributed by atoms with van der Waals surface area (Å²) < 4.78 is 57.5. The SMILES string of the molecule is CCCS(=O)(=O)Nc1ccc(F)c(C(=O)c2c[nH]c3ncc(-c4cnn(-c5nnn[nH]5)c4)cc23)c1F. The monoisotopic (exact) mass is 513 g/mol. The van der Waals surface area contributed by atoms with Crippen molar-refractivity contribution in [1.82, 2.24) is 40.4 Å². The second kappa shape index (κ2) is 8.92. The molecule has 0 atom stereocenters. The van der Waals surface area contributed by atoms with Gasteiger partial charge < -0.3 is 4.98 Å². The zero-order valence-electron chi connectivity index (χ0n) is 18.5. The van der Waals surface area contributed by atoms with Crippen molar-refractivity contribution in [2.24, 2.45) is 0 Å². The molecule has 0 unspecified atom stereocenters. The van der Waals surface area contributed by atoms with Crippen molar-refractivity contribution < 1.29 is 22.0 Å². The van der Waals surface area contributed by atoms with Gasteiger partial charge in [-0.15, -0.1) is 0 Å². The van der Waals surface area contributed by atoms with Crippen LogP contribution in [0.1, 0.15) is 29.3 Å². The third-order valence-corrected chi connectivity index (χ3v) is 6.78. The molecular formula is C21H17F2N9O3S. The number of hydrogen-bond donors (Lipinski definition) is 3. The number of ketones is 1. The molecule has 0 bridgehead atoms. The van der Waals surface area contributed by atoms with Crippen LogP contribution >= 0.6 is 0 Å². The number of halogens is 2. The van der Waals surface area contributed by atoms with Crippen LogP contribution in [0.3, 0.4) is 0 Å². The summed E-state index contributed by atoms with van der Waals surface area (Å²) in [6, 6.07) is 3.40. The molecule has 0 saturated heterocycles. The lowest BCUT2D eigenvalue weighted by Crippen LogP contribution is -2.18. The molecule has 0 fully saturated rings. The summed E-state index contributed by atoms with van der Waals surface area (Å²) in [5, 5.41) is 17.8. The summed E-state index contributed by atoms with van der Waals surface area (Å²) >= 11 is 0. The predicted octanol–water partition coefficient (Wildman–Crippen LogP) is 2.59. The summed E-state index contributed by atoms with van der Waals surface area (Å²) in [6.45, 7) is 1.64. The lowest BCUT2D eigenvalue weighted by Gasteiger charge is -2.11. The van der Waals surface area contributed by atoms with E-state index < -0.39 is 38.7 Å². The van der Waals surface area contributed by atoms with Crippen LogP contribution in [-0.4, -0.2) is 60.3 Å². The highest BCUT2D eigenvalue weighted by Gasteiger charge is 2.26. The number of nitrogens with one attached hydrogen (secondary N) is 3. The highest BCUT2D eigenvalue weighted by Crippen LogP contribution is 2.29. The number of nitrogens with zero attached hydrogens (tertiary/aromatic N) is 6. The van der Waals surface area contributed by atoms with E-state index in [1.54, 1.807) is 19.2 Å². The number of sulfonamides is 1. The molecule has 0 amide bonds. The Balaban J connectivity index is 1.53. The van der Waals surface area contributed by atoms with Gasteiger partial charge in [-0.25, -0.2) is 32.0 Å². The molecule has 0 aliphatic heterocycles. The number of benzene rings is 1. The lowest BCUT2D eigenvalue weighted by molar-refractivity contribution is 0.103. The van der Waals surface area contributed by atoms with Crippen LogP contribution in [0.4, 0.5) is 14.5 Å². The molecular weight excluding hydrogens is 496 g/mol. The summed E-state index contributed by atoms with van der Waals surface area (Å²) in [7, 11) is -3.86. The van der Waals surface area contributed by atoms with E-state index in [0.717, 1.165) is 12.1 Å². The van der Waals surface area contributed by atoms with Crippen LogP contribution < -0.4 is 4.72 Å². The molecule has 3 N–H and O–H groups in total. The maximum Gasteiger partial charge on any atom is 0.267 e. The topological polar surface area (TPSA) is 164 Å². The molecule has 12 nitrogen and oxygen atoms in total. The van der Waals surface area contributed by atoms with Gasteiger partial charge in [0.15, 0.2) is 5.82 Å². The molecule has 15 heteroatoms. The van der Waals surface area contributed by atoms with Crippen LogP contribution in [-0.2, 0) is 10.0 Å². The number of tetrazole rings is 1. The van der Waals surface area contributed by atoms with Crippen LogP contribution in [0.15, 0.2) is 43.0 Å². The van der Waals surface area contributed by atoms with Gasteiger partial charge in [0.05, 0.1) is 23.2 Å². The minimum Gasteiger partial charge on any atom is -0.345 e. The largest absolute Gasteiger partial charge is 0.345 e. The second-order valence-electron chi connectivity index (χ2n) is 7.75. The van der Waals surface area contributed by atoms with E-state index in [-0.39, 0.29) is 17.3 Å². The number of hydrogen-bond acceptors (Lipinski definition) is 8. The van der Waals surface area contributed by atoms with E-state index in [2.05, 4.69) is 40.4 Å². The minimum absolute atomic E-state index is 0.0439. The van der Waals surface area contributed by atoms with E-state index in [9.17, 15) is 17.6 Å². The lowest BCUT2D eigenvalue weighted by atomic mass is 10.0. The Morgan fingerprint density at radius 3 is 2.78 bits per heavy atom. The first-order chi connectivity index (χ1) is 17.3. The Labute approximate surface area is 201 Å². The summed E-state index contributed by atoms with van der Waals surface area (Å²) in [5.41, 5.74) is 0.0545. The molecule has 5 aromatic rings. The summed E-state index contributed by atoms with van der Waals surface area (Å²) in [4.78, 5) is 20.4. The average molecular weight is 513 g/mol. The Morgan fingerprint density at radius 2 is 2.03 bits per heavy atom. The van der Waals surface area contributed by atoms with Gasteiger partial charge in [0.25, 0.3) is 5.95 Å². The van der Waals surface area contributed by atoms with Crippen LogP contribution in [0.5, 0.6) is 0 Å². The van der Waals surface area contributed by atoms with Crippen LogP contribution in [0, 0.1) is 11.6 Å². The Morgan fingerprint density at radius 1 is 1.19 bits per heavy atom. The molecule has 4 heterocycles. The molecule has 184 valence electrons. The Bertz CT molecular complexity index is 1700. The number of carbonyl (C=O) groups excluding carboxylic acids is 1. The minimum atomic E-state index is -3.86. The van der Waals surface area contributed by atoms with Crippen molar-refractivity contribution in [3.8, 4) is 17.1 Å². The third kappa shape index (κ3) is 4.19. The van der Waals surface area contributed by atoms with Gasteiger partial charge in [0, 0.05) is 40.7 Å². The van der Waals surface area contributed by atoms with Crippen molar-refractivity contribution in [2.75, 3.05) is 10.5 Å². The quantitative estimate of drug-likeness (QED) is 0.267. The fourth-order valence-electron chi connectivity index (χ4n) is 3.65. The second-order valence-corrected chi connectivity index (χ2v) is 9.60. The van der Waals surface area contributed by atoms with Crippen LogP contribution in [0.25, 0.3) is 28.1 Å². The molecule has 4 aromatic heterocycles. The van der Waals surface area contributed by atoms with Crippen molar-refractivity contribution in [3.05, 3.63) is 65.7 Å². The van der Waals surface area contributed by atoms with Gasteiger partial charge in [-0.05, 0) is 35.0 Å². The zero-order chi connectivity index (χ0) is 25.4. The van der Waals surface area contributed by atoms with E-state index in [1.165, 1.54) is 23.3 Å². The smallest absolute Gasteiger partial charge is 0.267 e. The maximum atomic E-state index is 15.2. The van der Waals surface area contributed by atoms with Gasteiger partial charge in [-0.1, -0.05) is 12.0 Å². The van der Waals surface area contributed by atoms with Crippen molar-refractivity contribution >= 4 is 32.5 Å². The molecule has 0 saturated carbocycles. The highest BCUT2D eigenvalue weighted by atomic mass is 32.2. The molecule has 0 aliphatic carbocycles. The molecule has 0 radical (unpaired) electrons. The Kier molecular flexibility index (Phi) is 5.75. The van der Waals surface area contributed by atoms with E-state index >= 15 is 4.39 Å². The zero-order valence-corrected chi connectivity index (χ0v) is 19.3. The van der Waals surface area contributed by atoms with Gasteiger partial charge in [-0.3, -0.25) is 9.52 Å². The maximum absolute atomic E-state index is 15.2. The first-order valence-electron chi connectivity index (χ1n) is 10.6. The summed E-state index contributed by atoms with van der Waals surface area (Å²) in [5.74, 6) is -3.38. The summed E-state index contributed by atoms with van der Waals surface area (Å²) in [6.07, 6.45) is 6.29. The van der Waals surface area contributed by atoms with E-state index in [0.29, 0.717) is 28.6 Å². The van der Waals surface area contributed by atoms with Gasteiger partial charge in [-0.2, -0.15) is 5.10 Å². The molecule has 5 rings (SSSR count). The number of fused-ring (bicyclic) bond motifs is 1. The molecule has 1 aromatic carbocycles. The Hall–Kier alpha value is -4.53. The van der Waals surface area contributed by atoms with Gasteiger partial charge in [0.2, 0.25) is 15.8 Å². The number of carbonyl (C=O) groups is 1. The van der Waals surface area contributed by atoms with Gasteiger partial charge in [0.1, 0.15) is 11.5 Å². The normalized spacial score (nSPS) is 11.8. The average Bonchev–Trinajstić information content (AvgIpc) is 3.60. The van der Waals surface area contributed by atoms with Crippen molar-refractivity contribution in [2.45, 2.75) is 13.3 Å². The van der Waals surface area contributed by atoms with Crippen molar-refractivity contribution in [3.63, 3.8) is 0 Å². The third-order valence-electron chi connectivity index (χ3n) is 5.30. The predicted molar refractivity (Wildman–Crippen MR) is 124 cm³/mol. The highest BCUT2D eigenvalue weighted by molar-refractivity contribution is 7.92. The molecule has 0 aliphatic rings. The number of H-pyrrole nitrogens is 2. The number of anilines is 1. The van der Waals surface area contributed by atoms with Crippen LogP contribution in [0.2, 0.25) is 0 Å². The van der Waals surface area contributed by atoms with Gasteiger partial charge >= 0.3 is 0 Å². The number of aromatic nitrogens is 8.